The van der Waals surface area contributed by atoms with Crippen molar-refractivity contribution in [1.29, 1.82) is 0 Å². The molecule has 2 heterocycles. The van der Waals surface area contributed by atoms with E-state index >= 15 is 0 Å². The van der Waals surface area contributed by atoms with Gasteiger partial charge in [0.05, 0.1) is 23.5 Å². The Kier molecular flexibility index (Phi) is 6.08. The second-order valence-corrected chi connectivity index (χ2v) is 8.81. The van der Waals surface area contributed by atoms with Crippen LogP contribution in [0.5, 0.6) is 0 Å². The smallest absolute Gasteiger partial charge is 0.282 e. The van der Waals surface area contributed by atoms with E-state index in [4.69, 9.17) is 4.74 Å². The number of nitrogens with one attached hydrogen (secondary N) is 1. The summed E-state index contributed by atoms with van der Waals surface area (Å²) in [5, 5.41) is 2.73. The maximum atomic E-state index is 13.8. The molecular formula is C26H29N3O4. The lowest BCUT2D eigenvalue weighted by Gasteiger charge is -2.37. The summed E-state index contributed by atoms with van der Waals surface area (Å²) in [5.41, 5.74) is 4.54. The van der Waals surface area contributed by atoms with Crippen molar-refractivity contribution in [3.8, 4) is 0 Å². The zero-order valence-electron chi connectivity index (χ0n) is 19.6. The summed E-state index contributed by atoms with van der Waals surface area (Å²) in [6.07, 6.45) is -0.135. The van der Waals surface area contributed by atoms with E-state index in [0.29, 0.717) is 41.3 Å². The first-order valence-electron chi connectivity index (χ1n) is 11.1. The van der Waals surface area contributed by atoms with E-state index in [-0.39, 0.29) is 29.9 Å². The van der Waals surface area contributed by atoms with Crippen LogP contribution in [0.1, 0.15) is 37.5 Å². The Morgan fingerprint density at radius 3 is 2.21 bits per heavy atom. The van der Waals surface area contributed by atoms with Crippen LogP contribution >= 0.6 is 0 Å². The minimum absolute atomic E-state index is 0.0673. The van der Waals surface area contributed by atoms with E-state index in [1.54, 1.807) is 24.3 Å². The summed E-state index contributed by atoms with van der Waals surface area (Å²) in [6, 6.07) is 12.7. The molecule has 2 aliphatic rings. The summed E-state index contributed by atoms with van der Waals surface area (Å²) in [7, 11) is 0. The van der Waals surface area contributed by atoms with Crippen molar-refractivity contribution < 1.29 is 19.1 Å². The van der Waals surface area contributed by atoms with Crippen molar-refractivity contribution in [2.45, 2.75) is 46.8 Å². The molecule has 2 aromatic rings. The third kappa shape index (κ3) is 4.28. The van der Waals surface area contributed by atoms with Crippen LogP contribution in [0.15, 0.2) is 48.2 Å². The van der Waals surface area contributed by atoms with E-state index < -0.39 is 0 Å². The van der Waals surface area contributed by atoms with Crippen molar-refractivity contribution in [1.82, 2.24) is 4.90 Å². The van der Waals surface area contributed by atoms with Crippen LogP contribution in [-0.4, -0.2) is 47.9 Å². The molecule has 0 aromatic heterocycles. The summed E-state index contributed by atoms with van der Waals surface area (Å²) >= 11 is 0. The number of ether oxygens (including phenoxy) is 1. The van der Waals surface area contributed by atoms with Gasteiger partial charge in [-0.05, 0) is 62.6 Å². The van der Waals surface area contributed by atoms with E-state index in [0.717, 1.165) is 11.1 Å². The predicted molar refractivity (Wildman–Crippen MR) is 128 cm³/mol. The number of imide groups is 1. The van der Waals surface area contributed by atoms with Gasteiger partial charge in [-0.25, -0.2) is 4.90 Å². The number of nitrogens with zero attached hydrogens (tertiary/aromatic N) is 2. The van der Waals surface area contributed by atoms with Gasteiger partial charge in [0.25, 0.3) is 11.8 Å². The Morgan fingerprint density at radius 1 is 0.970 bits per heavy atom. The highest BCUT2D eigenvalue weighted by atomic mass is 16.5. The van der Waals surface area contributed by atoms with Gasteiger partial charge in [-0.3, -0.25) is 14.4 Å². The number of aryl methyl sites for hydroxylation is 1. The third-order valence-corrected chi connectivity index (χ3v) is 6.11. The van der Waals surface area contributed by atoms with Gasteiger partial charge in [0, 0.05) is 25.7 Å². The molecule has 0 saturated carbocycles. The number of anilines is 2. The third-order valence-electron chi connectivity index (χ3n) is 6.11. The fourth-order valence-corrected chi connectivity index (χ4v) is 4.55. The molecule has 2 aliphatic heterocycles. The number of hydrogen-bond donors (Lipinski definition) is 1. The number of amides is 3. The fourth-order valence-electron chi connectivity index (χ4n) is 4.55. The molecule has 2 unspecified atom stereocenters. The lowest BCUT2D eigenvalue weighted by molar-refractivity contribution is -0.121. The summed E-state index contributed by atoms with van der Waals surface area (Å²) < 4.78 is 5.86. The summed E-state index contributed by atoms with van der Waals surface area (Å²) in [6.45, 7) is 10.3. The normalized spacial score (nSPS) is 21.1. The first kappa shape index (κ1) is 22.7. The molecule has 7 nitrogen and oxygen atoms in total. The van der Waals surface area contributed by atoms with E-state index in [1.807, 2.05) is 50.8 Å². The maximum Gasteiger partial charge on any atom is 0.282 e. The molecule has 0 spiro atoms. The van der Waals surface area contributed by atoms with Gasteiger partial charge >= 0.3 is 0 Å². The molecule has 7 heteroatoms. The van der Waals surface area contributed by atoms with E-state index in [9.17, 15) is 14.4 Å². The van der Waals surface area contributed by atoms with Crippen molar-refractivity contribution in [3.05, 3.63) is 64.9 Å². The van der Waals surface area contributed by atoms with Gasteiger partial charge in [0.1, 0.15) is 5.70 Å². The van der Waals surface area contributed by atoms with Crippen LogP contribution in [0, 0.1) is 13.8 Å². The quantitative estimate of drug-likeness (QED) is 0.724. The van der Waals surface area contributed by atoms with Gasteiger partial charge in [-0.15, -0.1) is 0 Å². The maximum absolute atomic E-state index is 13.8. The molecule has 2 aromatic carbocycles. The highest BCUT2D eigenvalue weighted by Gasteiger charge is 2.44. The van der Waals surface area contributed by atoms with Crippen LogP contribution < -0.4 is 10.2 Å². The highest BCUT2D eigenvalue weighted by Crippen LogP contribution is 2.37. The van der Waals surface area contributed by atoms with Gasteiger partial charge in [-0.2, -0.15) is 0 Å². The first-order chi connectivity index (χ1) is 15.7. The van der Waals surface area contributed by atoms with Crippen molar-refractivity contribution in [2.75, 3.05) is 23.3 Å². The van der Waals surface area contributed by atoms with Gasteiger partial charge < -0.3 is 15.0 Å². The average Bonchev–Trinajstić information content (AvgIpc) is 3.00. The monoisotopic (exact) mass is 447 g/mol. The highest BCUT2D eigenvalue weighted by molar-refractivity contribution is 6.45. The molecule has 172 valence electrons. The van der Waals surface area contributed by atoms with Crippen molar-refractivity contribution in [2.24, 2.45) is 0 Å². The molecule has 2 atom stereocenters. The standard InChI is InChI=1S/C26H29N3O4/c1-15-7-6-8-22(18(15)4)29-25(31)23(20-9-11-21(12-10-20)27-19(5)30)24(26(29)32)28-13-16(2)33-17(3)14-28/h6-12,16-17H,13-14H2,1-5H3,(H,27,30). The number of carbonyl (C=O) groups excluding carboxylic acids is 3. The largest absolute Gasteiger partial charge is 0.372 e. The SMILES string of the molecule is CC(=O)Nc1ccc(C2=C(N3CC(C)OC(C)C3)C(=O)N(c3cccc(C)c3C)C2=O)cc1. The molecule has 3 amide bonds. The lowest BCUT2D eigenvalue weighted by Crippen LogP contribution is -2.47. The Hall–Kier alpha value is -3.45. The number of hydrogen-bond acceptors (Lipinski definition) is 5. The second-order valence-electron chi connectivity index (χ2n) is 8.81. The molecule has 33 heavy (non-hydrogen) atoms. The lowest BCUT2D eigenvalue weighted by atomic mass is 10.0. The average molecular weight is 448 g/mol. The molecule has 0 aliphatic carbocycles. The van der Waals surface area contributed by atoms with E-state index in [2.05, 4.69) is 5.32 Å². The Labute approximate surface area is 194 Å². The molecule has 1 saturated heterocycles. The Morgan fingerprint density at radius 2 is 1.61 bits per heavy atom. The molecule has 4 rings (SSSR count). The zero-order valence-corrected chi connectivity index (χ0v) is 19.6. The summed E-state index contributed by atoms with van der Waals surface area (Å²) in [4.78, 5) is 42.2. The molecule has 0 radical (unpaired) electrons. The number of benzene rings is 2. The zero-order chi connectivity index (χ0) is 23.9. The van der Waals surface area contributed by atoms with Crippen LogP contribution in [0.4, 0.5) is 11.4 Å². The molecule has 0 bridgehead atoms. The fraction of sp³-hybridized carbons (Fsp3) is 0.346. The topological polar surface area (TPSA) is 79.0 Å². The number of rotatable bonds is 4. The summed E-state index contributed by atoms with van der Waals surface area (Å²) in [5.74, 6) is -0.842. The van der Waals surface area contributed by atoms with Gasteiger partial charge in [-0.1, -0.05) is 24.3 Å². The Bertz CT molecular complexity index is 1140. The van der Waals surface area contributed by atoms with Crippen molar-refractivity contribution >= 4 is 34.7 Å². The first-order valence-corrected chi connectivity index (χ1v) is 11.1. The van der Waals surface area contributed by atoms with Crippen LogP contribution in [0.2, 0.25) is 0 Å². The molecular weight excluding hydrogens is 418 g/mol. The second kappa shape index (κ2) is 8.83. The van der Waals surface area contributed by atoms with Crippen LogP contribution in [0.3, 0.4) is 0 Å². The minimum Gasteiger partial charge on any atom is -0.372 e. The number of morpholine rings is 1. The molecule has 1 fully saturated rings. The van der Waals surface area contributed by atoms with Crippen LogP contribution in [0.25, 0.3) is 5.57 Å². The van der Waals surface area contributed by atoms with Crippen molar-refractivity contribution in [3.63, 3.8) is 0 Å². The van der Waals surface area contributed by atoms with Gasteiger partial charge in [0.2, 0.25) is 5.91 Å². The van der Waals surface area contributed by atoms with Crippen LogP contribution in [-0.2, 0) is 19.1 Å². The Balaban J connectivity index is 1.82. The predicted octanol–water partition coefficient (Wildman–Crippen LogP) is 3.66. The molecule has 1 N–H and O–H groups in total. The minimum atomic E-state index is -0.345. The number of carbonyl (C=O) groups is 3. The van der Waals surface area contributed by atoms with E-state index in [1.165, 1.54) is 11.8 Å². The van der Waals surface area contributed by atoms with Gasteiger partial charge in [0.15, 0.2) is 0 Å².